The largest absolute Gasteiger partial charge is 0.465 e. The molecule has 1 fully saturated rings. The van der Waals surface area contributed by atoms with Crippen molar-refractivity contribution in [3.63, 3.8) is 0 Å². The Balaban J connectivity index is 1.99. The first kappa shape index (κ1) is 15.5. The SMILES string of the molecule is CCCCCCCC(=O)OCC1CCCC(O)C1. The van der Waals surface area contributed by atoms with E-state index < -0.39 is 0 Å². The Morgan fingerprint density at radius 3 is 2.72 bits per heavy atom. The highest BCUT2D eigenvalue weighted by Gasteiger charge is 2.21. The first-order chi connectivity index (χ1) is 8.72. The van der Waals surface area contributed by atoms with Gasteiger partial charge in [-0.3, -0.25) is 4.79 Å². The van der Waals surface area contributed by atoms with Crippen LogP contribution in [0.15, 0.2) is 0 Å². The summed E-state index contributed by atoms with van der Waals surface area (Å²) >= 11 is 0. The molecule has 1 aliphatic carbocycles. The summed E-state index contributed by atoms with van der Waals surface area (Å²) in [6.45, 7) is 2.69. The van der Waals surface area contributed by atoms with Gasteiger partial charge in [0.15, 0.2) is 0 Å². The number of ether oxygens (including phenoxy) is 1. The molecule has 0 amide bonds. The number of carbonyl (C=O) groups excluding carboxylic acids is 1. The van der Waals surface area contributed by atoms with E-state index in [9.17, 15) is 9.90 Å². The van der Waals surface area contributed by atoms with Crippen LogP contribution in [0.25, 0.3) is 0 Å². The minimum atomic E-state index is -0.184. The molecule has 0 aromatic heterocycles. The zero-order valence-electron chi connectivity index (χ0n) is 11.7. The lowest BCUT2D eigenvalue weighted by Gasteiger charge is -2.25. The van der Waals surface area contributed by atoms with E-state index in [0.717, 1.165) is 38.5 Å². The van der Waals surface area contributed by atoms with E-state index in [-0.39, 0.29) is 12.1 Å². The fourth-order valence-electron chi connectivity index (χ4n) is 2.57. The number of hydrogen-bond acceptors (Lipinski definition) is 3. The zero-order chi connectivity index (χ0) is 13.2. The number of aliphatic hydroxyl groups excluding tert-OH is 1. The number of unbranched alkanes of at least 4 members (excludes halogenated alkanes) is 4. The number of hydrogen-bond donors (Lipinski definition) is 1. The van der Waals surface area contributed by atoms with Gasteiger partial charge in [0.2, 0.25) is 0 Å². The maximum atomic E-state index is 11.5. The summed E-state index contributed by atoms with van der Waals surface area (Å²) in [6, 6.07) is 0. The van der Waals surface area contributed by atoms with E-state index in [1.807, 2.05) is 0 Å². The smallest absolute Gasteiger partial charge is 0.305 e. The summed E-state index contributed by atoms with van der Waals surface area (Å²) in [6.07, 6.45) is 10.0. The van der Waals surface area contributed by atoms with Gasteiger partial charge in [-0.15, -0.1) is 0 Å². The molecule has 1 rings (SSSR count). The van der Waals surface area contributed by atoms with Crippen LogP contribution in [0.2, 0.25) is 0 Å². The lowest BCUT2D eigenvalue weighted by molar-refractivity contribution is -0.145. The highest BCUT2D eigenvalue weighted by molar-refractivity contribution is 5.69. The lowest BCUT2D eigenvalue weighted by Crippen LogP contribution is -2.24. The standard InChI is InChI=1S/C15H28O3/c1-2-3-4-5-6-10-15(17)18-12-13-8-7-9-14(16)11-13/h13-14,16H,2-12H2,1H3. The molecule has 0 aromatic rings. The highest BCUT2D eigenvalue weighted by atomic mass is 16.5. The molecule has 0 bridgehead atoms. The van der Waals surface area contributed by atoms with E-state index in [1.165, 1.54) is 19.3 Å². The monoisotopic (exact) mass is 256 g/mol. The van der Waals surface area contributed by atoms with Crippen LogP contribution < -0.4 is 0 Å². The molecule has 3 heteroatoms. The van der Waals surface area contributed by atoms with Gasteiger partial charge in [-0.2, -0.15) is 0 Å². The van der Waals surface area contributed by atoms with Crippen molar-refractivity contribution in [2.45, 2.75) is 77.2 Å². The van der Waals surface area contributed by atoms with Crippen molar-refractivity contribution in [3.05, 3.63) is 0 Å². The van der Waals surface area contributed by atoms with E-state index in [0.29, 0.717) is 18.9 Å². The Hall–Kier alpha value is -0.570. The van der Waals surface area contributed by atoms with Crippen LogP contribution in [0.4, 0.5) is 0 Å². The third-order valence-electron chi connectivity index (χ3n) is 3.72. The lowest BCUT2D eigenvalue weighted by atomic mass is 9.88. The number of rotatable bonds is 8. The minimum Gasteiger partial charge on any atom is -0.465 e. The van der Waals surface area contributed by atoms with E-state index in [4.69, 9.17) is 4.74 Å². The number of esters is 1. The maximum Gasteiger partial charge on any atom is 0.305 e. The van der Waals surface area contributed by atoms with Crippen LogP contribution in [0.3, 0.4) is 0 Å². The van der Waals surface area contributed by atoms with Crippen LogP contribution in [0, 0.1) is 5.92 Å². The Bertz CT molecular complexity index is 228. The second kappa shape index (κ2) is 9.37. The van der Waals surface area contributed by atoms with Crippen LogP contribution in [0.5, 0.6) is 0 Å². The molecular formula is C15H28O3. The van der Waals surface area contributed by atoms with Gasteiger partial charge < -0.3 is 9.84 Å². The van der Waals surface area contributed by atoms with Crippen molar-refractivity contribution in [2.24, 2.45) is 5.92 Å². The Kier molecular flexibility index (Phi) is 8.06. The second-order valence-corrected chi connectivity index (χ2v) is 5.53. The molecule has 0 spiro atoms. The molecule has 3 nitrogen and oxygen atoms in total. The first-order valence-electron chi connectivity index (χ1n) is 7.56. The predicted octanol–water partition coefficient (Wildman–Crippen LogP) is 3.44. The average molecular weight is 256 g/mol. The van der Waals surface area contributed by atoms with Gasteiger partial charge in [0.05, 0.1) is 12.7 Å². The van der Waals surface area contributed by atoms with Gasteiger partial charge in [-0.25, -0.2) is 0 Å². The van der Waals surface area contributed by atoms with Crippen molar-refractivity contribution < 1.29 is 14.6 Å². The Morgan fingerprint density at radius 2 is 2.00 bits per heavy atom. The fraction of sp³-hybridized carbons (Fsp3) is 0.933. The predicted molar refractivity (Wildman–Crippen MR) is 72.3 cm³/mol. The Labute approximate surface area is 111 Å². The molecule has 1 saturated carbocycles. The van der Waals surface area contributed by atoms with Crippen molar-refractivity contribution in [3.8, 4) is 0 Å². The highest BCUT2D eigenvalue weighted by Crippen LogP contribution is 2.24. The van der Waals surface area contributed by atoms with Crippen LogP contribution in [0.1, 0.15) is 71.1 Å². The molecule has 0 aromatic carbocycles. The molecule has 0 aliphatic heterocycles. The molecule has 18 heavy (non-hydrogen) atoms. The summed E-state index contributed by atoms with van der Waals surface area (Å²) in [5.74, 6) is 0.310. The molecule has 2 atom stereocenters. The van der Waals surface area contributed by atoms with E-state index in [1.54, 1.807) is 0 Å². The third kappa shape index (κ3) is 7.00. The molecule has 2 unspecified atom stereocenters. The summed E-state index contributed by atoms with van der Waals surface area (Å²) in [5, 5.41) is 9.53. The van der Waals surface area contributed by atoms with Gasteiger partial charge in [0, 0.05) is 6.42 Å². The summed E-state index contributed by atoms with van der Waals surface area (Å²) < 4.78 is 5.29. The average Bonchev–Trinajstić information content (AvgIpc) is 2.36. The molecule has 106 valence electrons. The quantitative estimate of drug-likeness (QED) is 0.534. The summed E-state index contributed by atoms with van der Waals surface area (Å²) in [7, 11) is 0. The van der Waals surface area contributed by atoms with Crippen molar-refractivity contribution in [1.82, 2.24) is 0 Å². The molecule has 1 aliphatic rings. The fourth-order valence-corrected chi connectivity index (χ4v) is 2.57. The van der Waals surface area contributed by atoms with Gasteiger partial charge in [0.1, 0.15) is 0 Å². The first-order valence-corrected chi connectivity index (χ1v) is 7.56. The summed E-state index contributed by atoms with van der Waals surface area (Å²) in [5.41, 5.74) is 0. The van der Waals surface area contributed by atoms with Crippen LogP contribution in [-0.4, -0.2) is 23.8 Å². The van der Waals surface area contributed by atoms with Gasteiger partial charge in [0.25, 0.3) is 0 Å². The minimum absolute atomic E-state index is 0.0634. The van der Waals surface area contributed by atoms with Gasteiger partial charge >= 0.3 is 5.97 Å². The summed E-state index contributed by atoms with van der Waals surface area (Å²) in [4.78, 5) is 11.5. The van der Waals surface area contributed by atoms with Crippen LogP contribution in [-0.2, 0) is 9.53 Å². The van der Waals surface area contributed by atoms with Crippen molar-refractivity contribution in [2.75, 3.05) is 6.61 Å². The Morgan fingerprint density at radius 1 is 1.22 bits per heavy atom. The molecular weight excluding hydrogens is 228 g/mol. The second-order valence-electron chi connectivity index (χ2n) is 5.53. The zero-order valence-corrected chi connectivity index (χ0v) is 11.7. The number of aliphatic hydroxyl groups is 1. The normalized spacial score (nSPS) is 23.9. The number of carbonyl (C=O) groups is 1. The van der Waals surface area contributed by atoms with E-state index in [2.05, 4.69) is 6.92 Å². The van der Waals surface area contributed by atoms with Crippen molar-refractivity contribution in [1.29, 1.82) is 0 Å². The topological polar surface area (TPSA) is 46.5 Å². The molecule has 1 N–H and O–H groups in total. The third-order valence-corrected chi connectivity index (χ3v) is 3.72. The van der Waals surface area contributed by atoms with E-state index >= 15 is 0 Å². The van der Waals surface area contributed by atoms with Gasteiger partial charge in [-0.05, 0) is 31.6 Å². The molecule has 0 radical (unpaired) electrons. The molecule has 0 saturated heterocycles. The maximum absolute atomic E-state index is 11.5. The molecule has 0 heterocycles. The van der Waals surface area contributed by atoms with Crippen LogP contribution >= 0.6 is 0 Å². The van der Waals surface area contributed by atoms with Gasteiger partial charge in [-0.1, -0.05) is 39.0 Å². The van der Waals surface area contributed by atoms with Crippen molar-refractivity contribution >= 4 is 5.97 Å².